The number of aromatic carboxylic acids is 1. The number of halogens is 3. The number of carboxylic acids is 1. The van der Waals surface area contributed by atoms with Gasteiger partial charge in [-0.05, 0) is 12.1 Å². The molecule has 0 aliphatic carbocycles. The smallest absolute Gasteiger partial charge is 0.434 e. The molecule has 19 heavy (non-hydrogen) atoms. The van der Waals surface area contributed by atoms with Crippen LogP contribution in [0.5, 0.6) is 0 Å². The normalized spacial score (nSPS) is 11.3. The molecular weight excluding hydrogens is 263 g/mol. The number of aromatic nitrogens is 3. The summed E-state index contributed by atoms with van der Waals surface area (Å²) in [5, 5.41) is 8.70. The number of rotatable bonds is 2. The van der Waals surface area contributed by atoms with Crippen molar-refractivity contribution in [3.8, 4) is 11.4 Å². The maximum absolute atomic E-state index is 12.7. The lowest BCUT2D eigenvalue weighted by molar-refractivity contribution is -0.141. The molecule has 0 fully saturated rings. The number of nitrogens with zero attached hydrogens (tertiary/aromatic N) is 3. The largest absolute Gasteiger partial charge is 0.478 e. The lowest BCUT2D eigenvalue weighted by atomic mass is 10.2. The van der Waals surface area contributed by atoms with Gasteiger partial charge in [0, 0.05) is 24.2 Å². The summed E-state index contributed by atoms with van der Waals surface area (Å²) in [6.45, 7) is 0. The van der Waals surface area contributed by atoms with E-state index in [0.29, 0.717) is 6.20 Å². The number of pyridine rings is 1. The first-order valence-corrected chi connectivity index (χ1v) is 4.97. The Labute approximate surface area is 104 Å². The van der Waals surface area contributed by atoms with Crippen molar-refractivity contribution < 1.29 is 23.1 Å². The second-order valence-corrected chi connectivity index (χ2v) is 3.50. The fourth-order valence-corrected chi connectivity index (χ4v) is 1.39. The molecule has 2 heterocycles. The highest BCUT2D eigenvalue weighted by atomic mass is 19.4. The second kappa shape index (κ2) is 4.63. The molecule has 0 radical (unpaired) electrons. The molecule has 2 rings (SSSR count). The highest BCUT2D eigenvalue weighted by Crippen LogP contribution is 2.31. The first-order valence-electron chi connectivity index (χ1n) is 4.97. The van der Waals surface area contributed by atoms with Gasteiger partial charge < -0.3 is 5.11 Å². The summed E-state index contributed by atoms with van der Waals surface area (Å²) in [6, 6.07) is 2.99. The zero-order valence-electron chi connectivity index (χ0n) is 9.22. The first-order chi connectivity index (χ1) is 8.89. The Morgan fingerprint density at radius 3 is 2.53 bits per heavy atom. The first kappa shape index (κ1) is 12.9. The monoisotopic (exact) mass is 269 g/mol. The summed E-state index contributed by atoms with van der Waals surface area (Å²) in [5.41, 5.74) is -2.20. The lowest BCUT2D eigenvalue weighted by Gasteiger charge is -2.10. The van der Waals surface area contributed by atoms with Crippen LogP contribution in [0.3, 0.4) is 0 Å². The van der Waals surface area contributed by atoms with E-state index in [0.717, 1.165) is 0 Å². The van der Waals surface area contributed by atoms with E-state index in [1.807, 2.05) is 0 Å². The van der Waals surface area contributed by atoms with E-state index in [-0.39, 0.29) is 11.4 Å². The van der Waals surface area contributed by atoms with E-state index in [2.05, 4.69) is 15.0 Å². The van der Waals surface area contributed by atoms with E-state index in [4.69, 9.17) is 5.11 Å². The standard InChI is InChI=1S/C11H6F3N3O2/c12-11(13,14)8-7(10(18)19)5-16-9(17-8)6-2-1-3-15-4-6/h1-5H,(H,18,19). The summed E-state index contributed by atoms with van der Waals surface area (Å²) in [5.74, 6) is -1.96. The molecule has 5 nitrogen and oxygen atoms in total. The number of carboxylic acid groups (broad SMARTS) is 1. The van der Waals surface area contributed by atoms with Gasteiger partial charge in [0.15, 0.2) is 11.5 Å². The van der Waals surface area contributed by atoms with E-state index in [1.165, 1.54) is 24.5 Å². The van der Waals surface area contributed by atoms with Crippen LogP contribution in [0.4, 0.5) is 13.2 Å². The van der Waals surface area contributed by atoms with Crippen LogP contribution in [0.25, 0.3) is 11.4 Å². The van der Waals surface area contributed by atoms with Crippen LogP contribution in [0.15, 0.2) is 30.7 Å². The zero-order valence-corrected chi connectivity index (χ0v) is 9.22. The molecule has 8 heteroatoms. The molecule has 0 saturated heterocycles. The van der Waals surface area contributed by atoms with Crippen molar-refractivity contribution in [3.05, 3.63) is 42.0 Å². The molecule has 0 aliphatic rings. The summed E-state index contributed by atoms with van der Waals surface area (Å²) >= 11 is 0. The van der Waals surface area contributed by atoms with Crippen molar-refractivity contribution in [1.29, 1.82) is 0 Å². The van der Waals surface area contributed by atoms with Gasteiger partial charge in [-0.3, -0.25) is 4.98 Å². The summed E-state index contributed by atoms with van der Waals surface area (Å²) in [6.07, 6.45) is -1.50. The van der Waals surface area contributed by atoms with Gasteiger partial charge in [-0.1, -0.05) is 0 Å². The molecule has 0 amide bonds. The van der Waals surface area contributed by atoms with Crippen LogP contribution >= 0.6 is 0 Å². The summed E-state index contributed by atoms with van der Waals surface area (Å²) in [7, 11) is 0. The fourth-order valence-electron chi connectivity index (χ4n) is 1.39. The predicted octanol–water partition coefficient (Wildman–Crippen LogP) is 2.26. The van der Waals surface area contributed by atoms with Gasteiger partial charge in [0.1, 0.15) is 5.56 Å². The number of carbonyl (C=O) groups is 1. The maximum atomic E-state index is 12.7. The van der Waals surface area contributed by atoms with Crippen molar-refractivity contribution in [2.75, 3.05) is 0 Å². The Morgan fingerprint density at radius 2 is 2.00 bits per heavy atom. The average molecular weight is 269 g/mol. The van der Waals surface area contributed by atoms with Crippen molar-refractivity contribution in [2.45, 2.75) is 6.18 Å². The Bertz CT molecular complexity index is 614. The Kier molecular flexibility index (Phi) is 3.16. The molecule has 0 bridgehead atoms. The van der Waals surface area contributed by atoms with Gasteiger partial charge in [0.25, 0.3) is 0 Å². The minimum absolute atomic E-state index is 0.231. The topological polar surface area (TPSA) is 76.0 Å². The van der Waals surface area contributed by atoms with E-state index in [1.54, 1.807) is 0 Å². The van der Waals surface area contributed by atoms with Crippen LogP contribution in [0, 0.1) is 0 Å². The van der Waals surface area contributed by atoms with Gasteiger partial charge in [-0.25, -0.2) is 14.8 Å². The van der Waals surface area contributed by atoms with Gasteiger partial charge in [-0.15, -0.1) is 0 Å². The Hall–Kier alpha value is -2.51. The van der Waals surface area contributed by atoms with Crippen molar-refractivity contribution in [2.24, 2.45) is 0 Å². The molecule has 1 N–H and O–H groups in total. The third-order valence-electron chi connectivity index (χ3n) is 2.21. The molecule has 2 aromatic rings. The molecule has 0 spiro atoms. The number of hydrogen-bond acceptors (Lipinski definition) is 4. The van der Waals surface area contributed by atoms with Crippen LogP contribution in [-0.2, 0) is 6.18 Å². The summed E-state index contributed by atoms with van der Waals surface area (Å²) < 4.78 is 38.2. The number of hydrogen-bond donors (Lipinski definition) is 1. The van der Waals surface area contributed by atoms with E-state index >= 15 is 0 Å². The SMILES string of the molecule is O=C(O)c1cnc(-c2cccnc2)nc1C(F)(F)F. The molecule has 0 atom stereocenters. The lowest BCUT2D eigenvalue weighted by Crippen LogP contribution is -2.16. The highest BCUT2D eigenvalue weighted by Gasteiger charge is 2.38. The van der Waals surface area contributed by atoms with Crippen molar-refractivity contribution in [1.82, 2.24) is 15.0 Å². The van der Waals surface area contributed by atoms with Gasteiger partial charge in [-0.2, -0.15) is 13.2 Å². The highest BCUT2D eigenvalue weighted by molar-refractivity contribution is 5.88. The summed E-state index contributed by atoms with van der Waals surface area (Å²) in [4.78, 5) is 21.3. The fraction of sp³-hybridized carbons (Fsp3) is 0.0909. The van der Waals surface area contributed by atoms with Crippen LogP contribution in [0.2, 0.25) is 0 Å². The molecular formula is C11H6F3N3O2. The Balaban J connectivity index is 2.60. The van der Waals surface area contributed by atoms with E-state index in [9.17, 15) is 18.0 Å². The molecule has 0 aromatic carbocycles. The minimum atomic E-state index is -4.87. The molecule has 0 aliphatic heterocycles. The van der Waals surface area contributed by atoms with Gasteiger partial charge in [0.05, 0.1) is 0 Å². The molecule has 98 valence electrons. The minimum Gasteiger partial charge on any atom is -0.478 e. The molecule has 2 aromatic heterocycles. The van der Waals surface area contributed by atoms with Crippen molar-refractivity contribution >= 4 is 5.97 Å². The predicted molar refractivity (Wildman–Crippen MR) is 57.2 cm³/mol. The Morgan fingerprint density at radius 1 is 1.26 bits per heavy atom. The van der Waals surface area contributed by atoms with Gasteiger partial charge >= 0.3 is 12.1 Å². The van der Waals surface area contributed by atoms with Gasteiger partial charge in [0.2, 0.25) is 0 Å². The molecule has 0 saturated carbocycles. The average Bonchev–Trinajstić information content (AvgIpc) is 2.38. The van der Waals surface area contributed by atoms with Crippen molar-refractivity contribution in [3.63, 3.8) is 0 Å². The van der Waals surface area contributed by atoms with Crippen LogP contribution in [0.1, 0.15) is 16.1 Å². The quantitative estimate of drug-likeness (QED) is 0.904. The zero-order chi connectivity index (χ0) is 14.0. The van der Waals surface area contributed by atoms with Crippen LogP contribution in [-0.4, -0.2) is 26.0 Å². The third kappa shape index (κ3) is 2.67. The molecule has 0 unspecified atom stereocenters. The third-order valence-corrected chi connectivity index (χ3v) is 2.21. The van der Waals surface area contributed by atoms with E-state index < -0.39 is 23.4 Å². The van der Waals surface area contributed by atoms with Crippen LogP contribution < -0.4 is 0 Å². The number of alkyl halides is 3. The second-order valence-electron chi connectivity index (χ2n) is 3.50. The maximum Gasteiger partial charge on any atom is 0.434 e.